The number of nitrogens with zero attached hydrogens (tertiary/aromatic N) is 1. The lowest BCUT2D eigenvalue weighted by Crippen LogP contribution is -2.46. The van der Waals surface area contributed by atoms with Gasteiger partial charge in [-0.3, -0.25) is 14.5 Å². The van der Waals surface area contributed by atoms with Gasteiger partial charge >= 0.3 is 6.18 Å². The number of piperidine rings is 1. The molecule has 37 heavy (non-hydrogen) atoms. The summed E-state index contributed by atoms with van der Waals surface area (Å²) in [5.41, 5.74) is -0.832. The van der Waals surface area contributed by atoms with Gasteiger partial charge in [0, 0.05) is 53.8 Å². The number of amides is 2. The predicted molar refractivity (Wildman–Crippen MR) is 138 cm³/mol. The first kappa shape index (κ1) is 29.6. The fourth-order valence-electron chi connectivity index (χ4n) is 4.35. The normalized spacial score (nSPS) is 17.4. The molecule has 6 nitrogen and oxygen atoms in total. The van der Waals surface area contributed by atoms with E-state index in [0.29, 0.717) is 34.3 Å². The quantitative estimate of drug-likeness (QED) is 0.424. The van der Waals surface area contributed by atoms with Crippen LogP contribution in [0.1, 0.15) is 53.7 Å². The highest BCUT2D eigenvalue weighted by atomic mass is 35.5. The van der Waals surface area contributed by atoms with Gasteiger partial charge in [0.15, 0.2) is 4.90 Å². The van der Waals surface area contributed by atoms with E-state index in [1.807, 2.05) is 4.90 Å². The Kier molecular flexibility index (Phi) is 10.2. The van der Waals surface area contributed by atoms with Crippen molar-refractivity contribution >= 4 is 46.2 Å². The summed E-state index contributed by atoms with van der Waals surface area (Å²) in [7, 11) is 0. The molecule has 0 bridgehead atoms. The van der Waals surface area contributed by atoms with Gasteiger partial charge in [0.1, 0.15) is 5.75 Å². The summed E-state index contributed by atoms with van der Waals surface area (Å²) in [6.45, 7) is 3.97. The number of hydrogen-bond donors (Lipinski definition) is 2. The van der Waals surface area contributed by atoms with Crippen molar-refractivity contribution in [2.24, 2.45) is 0 Å². The first-order valence-corrected chi connectivity index (χ1v) is 13.8. The summed E-state index contributed by atoms with van der Waals surface area (Å²) < 4.78 is 54.4. The van der Waals surface area contributed by atoms with Gasteiger partial charge in [-0.05, 0) is 73.4 Å². The molecule has 0 saturated carbocycles. The molecule has 0 spiro atoms. The zero-order valence-electron chi connectivity index (χ0n) is 20.4. The van der Waals surface area contributed by atoms with Crippen molar-refractivity contribution in [2.75, 3.05) is 18.8 Å². The number of rotatable bonds is 8. The maximum atomic E-state index is 14.0. The number of carbonyl (C=O) groups excluding carboxylic acids is 2. The molecule has 1 unspecified atom stereocenters. The van der Waals surface area contributed by atoms with Gasteiger partial charge in [-0.2, -0.15) is 13.2 Å². The molecule has 12 heteroatoms. The molecule has 2 aromatic carbocycles. The second-order valence-corrected chi connectivity index (χ2v) is 11.4. The van der Waals surface area contributed by atoms with Gasteiger partial charge in [-0.25, -0.2) is 0 Å². The highest BCUT2D eigenvalue weighted by molar-refractivity contribution is 7.91. The second kappa shape index (κ2) is 12.7. The van der Waals surface area contributed by atoms with E-state index in [1.165, 1.54) is 13.0 Å². The molecule has 0 radical (unpaired) electrons. The minimum Gasteiger partial charge on any atom is -0.611 e. The lowest BCUT2D eigenvalue weighted by atomic mass is 10.00. The summed E-state index contributed by atoms with van der Waals surface area (Å²) in [5.74, 6) is -0.588. The van der Waals surface area contributed by atoms with Crippen molar-refractivity contribution in [1.82, 2.24) is 15.5 Å². The molecule has 0 aromatic heterocycles. The molecule has 202 valence electrons. The molecular formula is C25H28Cl2F3N3O3S. The average molecular weight is 578 g/mol. The molecule has 1 aliphatic rings. The van der Waals surface area contributed by atoms with Crippen LogP contribution >= 0.6 is 23.2 Å². The average Bonchev–Trinajstić information content (AvgIpc) is 2.82. The highest BCUT2D eigenvalue weighted by Crippen LogP contribution is 2.37. The summed E-state index contributed by atoms with van der Waals surface area (Å²) >= 11 is 11.0. The van der Waals surface area contributed by atoms with Crippen LogP contribution < -0.4 is 10.6 Å². The Morgan fingerprint density at radius 1 is 1.22 bits per heavy atom. The topological polar surface area (TPSA) is 84.5 Å². The van der Waals surface area contributed by atoms with Gasteiger partial charge in [0.05, 0.1) is 5.56 Å². The van der Waals surface area contributed by atoms with Gasteiger partial charge < -0.3 is 15.2 Å². The second-order valence-electron chi connectivity index (χ2n) is 8.83. The fourth-order valence-corrected chi connectivity index (χ4v) is 5.78. The Morgan fingerprint density at radius 2 is 1.95 bits per heavy atom. The largest absolute Gasteiger partial charge is 0.611 e. The molecule has 1 aliphatic heterocycles. The van der Waals surface area contributed by atoms with E-state index >= 15 is 0 Å². The van der Waals surface area contributed by atoms with Gasteiger partial charge in [-0.15, -0.1) is 0 Å². The van der Waals surface area contributed by atoms with Gasteiger partial charge in [0.25, 0.3) is 5.91 Å². The van der Waals surface area contributed by atoms with Crippen molar-refractivity contribution in [1.29, 1.82) is 0 Å². The van der Waals surface area contributed by atoms with E-state index < -0.39 is 28.8 Å². The van der Waals surface area contributed by atoms with E-state index in [0.717, 1.165) is 18.9 Å². The standard InChI is InChI=1S/C25H28Cl2F3N3O3S/c1-3-37(36)23-7-6-18(26)9-17(23)12-31-24(35)16-10-21(25(28,29)30)20(22(27)11-16)14-33-8-4-5-19(13-33)32-15(2)34/h6-7,9-11,19H,3-5,8,12-14H2,1-2H3,(H,31,35)(H,32,34)/t19-,37?/m0/s1. The van der Waals surface area contributed by atoms with Crippen LogP contribution in [-0.2, 0) is 35.2 Å². The first-order chi connectivity index (χ1) is 17.4. The zero-order valence-corrected chi connectivity index (χ0v) is 22.7. The minimum atomic E-state index is -4.74. The van der Waals surface area contributed by atoms with E-state index in [1.54, 1.807) is 25.1 Å². The van der Waals surface area contributed by atoms with Crippen LogP contribution in [0.5, 0.6) is 0 Å². The lowest BCUT2D eigenvalue weighted by molar-refractivity contribution is -0.138. The van der Waals surface area contributed by atoms with E-state index in [2.05, 4.69) is 10.6 Å². The number of likely N-dealkylation sites (tertiary alicyclic amines) is 1. The van der Waals surface area contributed by atoms with Crippen LogP contribution in [0.2, 0.25) is 10.0 Å². The molecule has 0 aliphatic carbocycles. The zero-order chi connectivity index (χ0) is 27.3. The maximum Gasteiger partial charge on any atom is 0.416 e. The Morgan fingerprint density at radius 3 is 2.59 bits per heavy atom. The number of nitrogens with one attached hydrogen (secondary N) is 2. The fraction of sp³-hybridized carbons (Fsp3) is 0.440. The Bertz CT molecular complexity index is 1150. The van der Waals surface area contributed by atoms with Gasteiger partial charge in [-0.1, -0.05) is 23.2 Å². The van der Waals surface area contributed by atoms with Crippen LogP contribution in [0, 0.1) is 0 Å². The highest BCUT2D eigenvalue weighted by Gasteiger charge is 2.36. The summed E-state index contributed by atoms with van der Waals surface area (Å²) in [5, 5.41) is 5.61. The van der Waals surface area contributed by atoms with E-state index in [9.17, 15) is 27.3 Å². The van der Waals surface area contributed by atoms with Crippen molar-refractivity contribution in [2.45, 2.75) is 56.9 Å². The molecule has 2 N–H and O–H groups in total. The number of carbonyl (C=O) groups is 2. The molecular weight excluding hydrogens is 550 g/mol. The van der Waals surface area contributed by atoms with Crippen LogP contribution in [0.15, 0.2) is 35.2 Å². The van der Waals surface area contributed by atoms with Crippen LogP contribution in [-0.4, -0.2) is 46.2 Å². The SMILES string of the molecule is CC[S+]([O-])c1ccc(Cl)cc1CNC(=O)c1cc(Cl)c(CN2CCC[C@H](NC(C)=O)C2)c(C(F)(F)F)c1. The molecule has 1 fully saturated rings. The third-order valence-electron chi connectivity index (χ3n) is 6.03. The lowest BCUT2D eigenvalue weighted by Gasteiger charge is -2.33. The van der Waals surface area contributed by atoms with Crippen molar-refractivity contribution in [3.63, 3.8) is 0 Å². The first-order valence-electron chi connectivity index (χ1n) is 11.7. The Labute approximate surface area is 227 Å². The number of halogens is 5. The summed E-state index contributed by atoms with van der Waals surface area (Å²) in [6, 6.07) is 6.63. The summed E-state index contributed by atoms with van der Waals surface area (Å²) in [6.07, 6.45) is -3.27. The Balaban J connectivity index is 1.82. The van der Waals surface area contributed by atoms with Crippen molar-refractivity contribution in [3.8, 4) is 0 Å². The van der Waals surface area contributed by atoms with Crippen LogP contribution in [0.3, 0.4) is 0 Å². The van der Waals surface area contributed by atoms with Crippen LogP contribution in [0.25, 0.3) is 0 Å². The molecule has 1 heterocycles. The van der Waals surface area contributed by atoms with Crippen LogP contribution in [0.4, 0.5) is 13.2 Å². The third-order valence-corrected chi connectivity index (χ3v) is 8.01. The molecule has 1 saturated heterocycles. The number of hydrogen-bond acceptors (Lipinski definition) is 4. The molecule has 3 rings (SSSR count). The predicted octanol–water partition coefficient (Wildman–Crippen LogP) is 5.17. The smallest absolute Gasteiger partial charge is 0.416 e. The van der Waals surface area contributed by atoms with Crippen molar-refractivity contribution < 1.29 is 27.3 Å². The molecule has 2 atom stereocenters. The molecule has 2 aromatic rings. The third kappa shape index (κ3) is 8.00. The van der Waals surface area contributed by atoms with Crippen molar-refractivity contribution in [3.05, 3.63) is 62.6 Å². The minimum absolute atomic E-state index is 0.0691. The number of benzene rings is 2. The Hall–Kier alpha value is -1.98. The summed E-state index contributed by atoms with van der Waals surface area (Å²) in [4.78, 5) is 26.5. The number of alkyl halides is 3. The van der Waals surface area contributed by atoms with E-state index in [4.69, 9.17) is 23.2 Å². The molecule has 2 amide bonds. The van der Waals surface area contributed by atoms with E-state index in [-0.39, 0.29) is 41.2 Å². The maximum absolute atomic E-state index is 14.0. The monoisotopic (exact) mass is 577 g/mol. The van der Waals surface area contributed by atoms with Gasteiger partial charge in [0.2, 0.25) is 5.91 Å².